The monoisotopic (exact) mass is 437 g/mol. The van der Waals surface area contributed by atoms with Crippen LogP contribution in [0.25, 0.3) is 0 Å². The summed E-state index contributed by atoms with van der Waals surface area (Å²) < 4.78 is 19.5. The number of hydrogen-bond acceptors (Lipinski definition) is 4. The molecule has 1 N–H and O–H groups in total. The fourth-order valence-electron chi connectivity index (χ4n) is 5.16. The first-order chi connectivity index (χ1) is 15.4. The van der Waals surface area contributed by atoms with Gasteiger partial charge < -0.3 is 15.0 Å². The number of amides is 3. The summed E-state index contributed by atoms with van der Waals surface area (Å²) in [5, 5.41) is 2.59. The van der Waals surface area contributed by atoms with Crippen molar-refractivity contribution in [1.82, 2.24) is 9.80 Å². The Balaban J connectivity index is 1.31. The third-order valence-electron chi connectivity index (χ3n) is 6.58. The zero-order valence-corrected chi connectivity index (χ0v) is 17.7. The minimum atomic E-state index is -0.539. The van der Waals surface area contributed by atoms with Gasteiger partial charge in [-0.2, -0.15) is 0 Å². The number of nitrogens with zero attached hydrogens (tertiary/aromatic N) is 2. The van der Waals surface area contributed by atoms with Gasteiger partial charge in [-0.15, -0.1) is 0 Å². The molecular formula is C24H24FN3O4. The maximum atomic E-state index is 13.8. The van der Waals surface area contributed by atoms with Gasteiger partial charge in [-0.05, 0) is 42.2 Å². The Kier molecular flexibility index (Phi) is 5.07. The summed E-state index contributed by atoms with van der Waals surface area (Å²) in [5.41, 5.74) is 2.77. The quantitative estimate of drug-likeness (QED) is 0.797. The van der Waals surface area contributed by atoms with E-state index in [1.165, 1.54) is 24.6 Å². The largest absolute Gasteiger partial charge is 0.443 e. The van der Waals surface area contributed by atoms with Crippen LogP contribution in [0.5, 0.6) is 0 Å². The van der Waals surface area contributed by atoms with Crippen molar-refractivity contribution >= 4 is 23.6 Å². The summed E-state index contributed by atoms with van der Waals surface area (Å²) in [6.45, 7) is 2.21. The number of rotatable bonds is 3. The molecule has 1 aliphatic carbocycles. The summed E-state index contributed by atoms with van der Waals surface area (Å²) in [5.74, 6) is -1.20. The maximum Gasteiger partial charge on any atom is 0.411 e. The van der Waals surface area contributed by atoms with Crippen LogP contribution in [0.2, 0.25) is 0 Å². The van der Waals surface area contributed by atoms with E-state index >= 15 is 0 Å². The second-order valence-corrected chi connectivity index (χ2v) is 8.57. The zero-order chi connectivity index (χ0) is 22.4. The van der Waals surface area contributed by atoms with E-state index in [9.17, 15) is 18.8 Å². The number of carbonyl (C=O) groups excluding carboxylic acids is 3. The van der Waals surface area contributed by atoms with Crippen LogP contribution in [0.4, 0.5) is 14.9 Å². The molecule has 0 bridgehead atoms. The maximum absolute atomic E-state index is 13.8. The van der Waals surface area contributed by atoms with E-state index in [0.717, 1.165) is 18.1 Å². The highest BCUT2D eigenvalue weighted by Crippen LogP contribution is 2.44. The third kappa shape index (κ3) is 3.49. The predicted octanol–water partition coefficient (Wildman–Crippen LogP) is 3.51. The Labute approximate surface area is 185 Å². The molecule has 7 nitrogen and oxygen atoms in total. The van der Waals surface area contributed by atoms with E-state index in [-0.39, 0.29) is 41.7 Å². The van der Waals surface area contributed by atoms with Crippen molar-refractivity contribution in [2.75, 3.05) is 18.4 Å². The van der Waals surface area contributed by atoms with Crippen LogP contribution in [0.1, 0.15) is 47.3 Å². The molecule has 2 saturated heterocycles. The Bertz CT molecular complexity index is 1100. The number of piperidine rings is 1. The van der Waals surface area contributed by atoms with E-state index in [1.54, 1.807) is 4.90 Å². The molecule has 0 radical (unpaired) electrons. The summed E-state index contributed by atoms with van der Waals surface area (Å²) in [7, 11) is 0. The van der Waals surface area contributed by atoms with E-state index < -0.39 is 5.82 Å². The van der Waals surface area contributed by atoms with Gasteiger partial charge >= 0.3 is 6.09 Å². The molecule has 8 heteroatoms. The number of nitrogens with one attached hydrogen (secondary N) is 1. The van der Waals surface area contributed by atoms with Gasteiger partial charge in [0.05, 0.1) is 17.3 Å². The van der Waals surface area contributed by atoms with Crippen molar-refractivity contribution in [2.24, 2.45) is 0 Å². The number of likely N-dealkylation sites (tertiary alicyclic amines) is 1. The first-order valence-corrected chi connectivity index (χ1v) is 10.9. The number of fused-ring (bicyclic) bond motifs is 3. The summed E-state index contributed by atoms with van der Waals surface area (Å²) >= 11 is 0. The summed E-state index contributed by atoms with van der Waals surface area (Å²) in [4.78, 5) is 40.7. The number of ether oxygens (including phenoxy) is 1. The van der Waals surface area contributed by atoms with Gasteiger partial charge in [0.2, 0.25) is 5.91 Å². The molecule has 2 aliphatic heterocycles. The third-order valence-corrected chi connectivity index (χ3v) is 6.58. The van der Waals surface area contributed by atoms with Crippen LogP contribution >= 0.6 is 0 Å². The predicted molar refractivity (Wildman–Crippen MR) is 115 cm³/mol. The molecule has 0 unspecified atom stereocenters. The molecule has 0 spiro atoms. The molecule has 2 aromatic rings. The van der Waals surface area contributed by atoms with Gasteiger partial charge in [0.1, 0.15) is 11.9 Å². The standard InChI is InChI=1S/C24H24FN3O4/c1-14(29)26-20-7-6-16(25)13-19(20)23(30)27-10-8-17(9-11-27)28-22-18-5-3-2-4-15(18)12-21(22)32-24(28)31/h2-7,13,17,21-22H,8-12H2,1H3,(H,26,29)/t21-,22+/m0/s1. The van der Waals surface area contributed by atoms with Crippen molar-refractivity contribution < 1.29 is 23.5 Å². The van der Waals surface area contributed by atoms with Crippen molar-refractivity contribution in [3.63, 3.8) is 0 Å². The number of halogens is 1. The lowest BCUT2D eigenvalue weighted by Crippen LogP contribution is -2.48. The van der Waals surface area contributed by atoms with Gasteiger partial charge in [0.15, 0.2) is 0 Å². The average Bonchev–Trinajstić information content (AvgIpc) is 3.28. The molecule has 0 aromatic heterocycles. The highest BCUT2D eigenvalue weighted by molar-refractivity contribution is 6.03. The minimum Gasteiger partial charge on any atom is -0.443 e. The van der Waals surface area contributed by atoms with Gasteiger partial charge in [-0.1, -0.05) is 24.3 Å². The van der Waals surface area contributed by atoms with Gasteiger partial charge in [0, 0.05) is 32.5 Å². The zero-order valence-electron chi connectivity index (χ0n) is 17.7. The van der Waals surface area contributed by atoms with E-state index in [4.69, 9.17) is 4.74 Å². The van der Waals surface area contributed by atoms with Gasteiger partial charge in [0.25, 0.3) is 5.91 Å². The highest BCUT2D eigenvalue weighted by Gasteiger charge is 2.50. The van der Waals surface area contributed by atoms with Crippen LogP contribution in [0.3, 0.4) is 0 Å². The van der Waals surface area contributed by atoms with Crippen LogP contribution in [-0.4, -0.2) is 52.9 Å². The molecule has 2 atom stereocenters. The van der Waals surface area contributed by atoms with Crippen molar-refractivity contribution in [3.8, 4) is 0 Å². The normalized spacial score (nSPS) is 22.4. The van der Waals surface area contributed by atoms with Crippen LogP contribution < -0.4 is 5.32 Å². The SMILES string of the molecule is CC(=O)Nc1ccc(F)cc1C(=O)N1CCC(N2C(=O)O[C@H]3Cc4ccccc4[C@H]32)CC1. The molecule has 32 heavy (non-hydrogen) atoms. The fourth-order valence-corrected chi connectivity index (χ4v) is 5.16. The van der Waals surface area contributed by atoms with Crippen molar-refractivity contribution in [1.29, 1.82) is 0 Å². The van der Waals surface area contributed by atoms with Crippen molar-refractivity contribution in [3.05, 3.63) is 65.0 Å². The Morgan fingerprint density at radius 3 is 2.62 bits per heavy atom. The first kappa shape index (κ1) is 20.5. The second kappa shape index (κ2) is 7.93. The second-order valence-electron chi connectivity index (χ2n) is 8.57. The topological polar surface area (TPSA) is 79.0 Å². The summed E-state index contributed by atoms with van der Waals surface area (Å²) in [6.07, 6.45) is 1.49. The Hall–Kier alpha value is -3.42. The molecule has 2 heterocycles. The molecular weight excluding hydrogens is 413 g/mol. The molecule has 3 aliphatic rings. The minimum absolute atomic E-state index is 0.0324. The lowest BCUT2D eigenvalue weighted by molar-refractivity contribution is -0.114. The Morgan fingerprint density at radius 1 is 1.12 bits per heavy atom. The number of hydrogen-bond donors (Lipinski definition) is 1. The molecule has 166 valence electrons. The van der Waals surface area contributed by atoms with Gasteiger partial charge in [-0.3, -0.25) is 14.5 Å². The van der Waals surface area contributed by atoms with Crippen LogP contribution in [0.15, 0.2) is 42.5 Å². The lowest BCUT2D eigenvalue weighted by atomic mass is 9.98. The van der Waals surface area contributed by atoms with E-state index in [2.05, 4.69) is 17.4 Å². The molecule has 2 aromatic carbocycles. The average molecular weight is 437 g/mol. The Morgan fingerprint density at radius 2 is 1.88 bits per heavy atom. The first-order valence-electron chi connectivity index (χ1n) is 10.9. The fraction of sp³-hybridized carbons (Fsp3) is 0.375. The molecule has 3 amide bonds. The number of anilines is 1. The van der Waals surface area contributed by atoms with Crippen LogP contribution in [0, 0.1) is 5.82 Å². The summed E-state index contributed by atoms with van der Waals surface area (Å²) in [6, 6.07) is 11.8. The van der Waals surface area contributed by atoms with Crippen LogP contribution in [-0.2, 0) is 16.0 Å². The number of carbonyl (C=O) groups is 3. The smallest absolute Gasteiger partial charge is 0.411 e. The molecule has 5 rings (SSSR count). The molecule has 0 saturated carbocycles. The lowest BCUT2D eigenvalue weighted by Gasteiger charge is -2.38. The molecule has 2 fully saturated rings. The number of benzene rings is 2. The van der Waals surface area contributed by atoms with Gasteiger partial charge in [-0.25, -0.2) is 9.18 Å². The van der Waals surface area contributed by atoms with Crippen molar-refractivity contribution in [2.45, 2.75) is 44.4 Å². The van der Waals surface area contributed by atoms with E-state index in [0.29, 0.717) is 31.6 Å². The van der Waals surface area contributed by atoms with E-state index in [1.807, 2.05) is 17.0 Å². The highest BCUT2D eigenvalue weighted by atomic mass is 19.1.